The van der Waals surface area contributed by atoms with Crippen LogP contribution in [0.2, 0.25) is 0 Å². The molecule has 0 aliphatic carbocycles. The second kappa shape index (κ2) is 8.56. The van der Waals surface area contributed by atoms with Gasteiger partial charge in [-0.1, -0.05) is 0 Å². The van der Waals surface area contributed by atoms with E-state index in [-0.39, 0.29) is 5.78 Å². The Bertz CT molecular complexity index is 1310. The average molecular weight is 409 g/mol. The Kier molecular flexibility index (Phi) is 5.50. The van der Waals surface area contributed by atoms with Crippen LogP contribution in [0.4, 0.5) is 5.69 Å². The monoisotopic (exact) mass is 409 g/mol. The molecule has 4 aromatic rings. The molecule has 0 spiro atoms. The van der Waals surface area contributed by atoms with E-state index in [4.69, 9.17) is 20.5 Å². The summed E-state index contributed by atoms with van der Waals surface area (Å²) in [5.41, 5.74) is 9.90. The van der Waals surface area contributed by atoms with Crippen LogP contribution in [0.3, 0.4) is 0 Å². The number of benzene rings is 3. The van der Waals surface area contributed by atoms with Crippen molar-refractivity contribution >= 4 is 22.4 Å². The van der Waals surface area contributed by atoms with Gasteiger partial charge in [0.25, 0.3) is 0 Å². The highest BCUT2D eigenvalue weighted by atomic mass is 16.5. The van der Waals surface area contributed by atoms with Gasteiger partial charge in [0, 0.05) is 40.0 Å². The Hall–Kier alpha value is -4.37. The second-order valence-corrected chi connectivity index (χ2v) is 6.92. The van der Waals surface area contributed by atoms with Crippen LogP contribution in [-0.2, 0) is 6.61 Å². The number of ketones is 1. The lowest BCUT2D eigenvalue weighted by atomic mass is 9.99. The number of nitrogen functional groups attached to an aromatic ring is 1. The van der Waals surface area contributed by atoms with Crippen molar-refractivity contribution in [2.75, 3.05) is 12.8 Å². The zero-order valence-corrected chi connectivity index (χ0v) is 16.8. The van der Waals surface area contributed by atoms with E-state index in [2.05, 4.69) is 4.98 Å². The minimum Gasteiger partial charge on any atom is -0.497 e. The molecule has 0 fully saturated rings. The first kappa shape index (κ1) is 19.9. The summed E-state index contributed by atoms with van der Waals surface area (Å²) in [5, 5.41) is 9.60. The number of rotatable bonds is 3. The lowest BCUT2D eigenvalue weighted by molar-refractivity contribution is 0.104. The number of nitrogens with two attached hydrogens (primary N) is 1. The lowest BCUT2D eigenvalue weighted by Crippen LogP contribution is -2.09. The number of pyridine rings is 1. The number of hydrogen-bond acceptors (Lipinski definition) is 6. The molecule has 152 valence electrons. The largest absolute Gasteiger partial charge is 0.497 e. The van der Waals surface area contributed by atoms with Crippen molar-refractivity contribution in [1.29, 1.82) is 5.26 Å². The van der Waals surface area contributed by atoms with Gasteiger partial charge in [0.15, 0.2) is 5.78 Å². The van der Waals surface area contributed by atoms with E-state index in [0.717, 1.165) is 23.4 Å². The van der Waals surface area contributed by atoms with Crippen LogP contribution >= 0.6 is 0 Å². The van der Waals surface area contributed by atoms with Crippen molar-refractivity contribution in [3.8, 4) is 17.6 Å². The average Bonchev–Trinajstić information content (AvgIpc) is 2.80. The Morgan fingerprint density at radius 1 is 1.10 bits per heavy atom. The number of nitriles is 1. The Morgan fingerprint density at radius 2 is 1.90 bits per heavy atom. The van der Waals surface area contributed by atoms with Crippen molar-refractivity contribution in [1.82, 2.24) is 4.98 Å². The molecule has 0 saturated heterocycles. The summed E-state index contributed by atoms with van der Waals surface area (Å²) in [4.78, 5) is 17.0. The molecule has 2 N–H and O–H groups in total. The van der Waals surface area contributed by atoms with Gasteiger partial charge in [-0.15, -0.1) is 0 Å². The fourth-order valence-corrected chi connectivity index (χ4v) is 3.23. The number of aromatic nitrogens is 1. The molecule has 6 heteroatoms. The summed E-state index contributed by atoms with van der Waals surface area (Å²) < 4.78 is 10.3. The smallest absolute Gasteiger partial charge is 0.193 e. The van der Waals surface area contributed by atoms with Gasteiger partial charge in [-0.25, -0.2) is 0 Å². The molecule has 0 atom stereocenters. The number of ether oxygens (including phenoxy) is 2. The lowest BCUT2D eigenvalue weighted by Gasteiger charge is -2.19. The first-order valence-electron chi connectivity index (χ1n) is 9.58. The number of hydrogen-bond donors (Lipinski definition) is 1. The molecule has 6 nitrogen and oxygen atoms in total. The number of methoxy groups -OCH3 is 1. The minimum absolute atomic E-state index is 0.0953. The number of nitrogens with zero attached hydrogens (tertiary/aromatic N) is 2. The summed E-state index contributed by atoms with van der Waals surface area (Å²) in [6, 6.07) is 21.5. The SMILES string of the molecule is COc1ccc2c(C(=O)c3ccc(C#N)cc3)ccnc2c1.Nc1ccc2c(c1)CO2. The molecule has 2 heterocycles. The van der Waals surface area contributed by atoms with Crippen LogP contribution in [0, 0.1) is 11.3 Å². The van der Waals surface area contributed by atoms with Crippen LogP contribution in [-0.4, -0.2) is 17.9 Å². The normalized spacial score (nSPS) is 11.1. The fraction of sp³-hybridized carbons (Fsp3) is 0.0800. The predicted octanol–water partition coefficient (Wildman–Crippen LogP) is 4.51. The molecule has 1 aliphatic heterocycles. The van der Waals surface area contributed by atoms with Crippen molar-refractivity contribution in [3.63, 3.8) is 0 Å². The van der Waals surface area contributed by atoms with Gasteiger partial charge < -0.3 is 15.2 Å². The number of carbonyl (C=O) groups is 1. The second-order valence-electron chi connectivity index (χ2n) is 6.92. The summed E-state index contributed by atoms with van der Waals surface area (Å²) >= 11 is 0. The molecule has 31 heavy (non-hydrogen) atoms. The third-order valence-electron chi connectivity index (χ3n) is 4.94. The summed E-state index contributed by atoms with van der Waals surface area (Å²) in [5.74, 6) is 1.58. The third kappa shape index (κ3) is 4.16. The van der Waals surface area contributed by atoms with Crippen LogP contribution < -0.4 is 15.2 Å². The quantitative estimate of drug-likeness (QED) is 0.395. The molecule has 0 bridgehead atoms. The van der Waals surface area contributed by atoms with Crippen LogP contribution in [0.1, 0.15) is 27.0 Å². The van der Waals surface area contributed by atoms with Gasteiger partial charge in [0.2, 0.25) is 0 Å². The highest BCUT2D eigenvalue weighted by molar-refractivity contribution is 6.16. The standard InChI is InChI=1S/C18H12N2O2.C7H7NO/c1-22-14-6-7-15-16(8-9-20-17(15)10-14)18(21)13-4-2-12(11-19)3-5-13;8-6-1-2-7-5(3-6)4-9-7/h2-10H,1H3;1-3H,4,8H2. The number of carbonyl (C=O) groups excluding carboxylic acids is 1. The van der Waals surface area contributed by atoms with E-state index < -0.39 is 0 Å². The maximum Gasteiger partial charge on any atom is 0.193 e. The van der Waals surface area contributed by atoms with Crippen molar-refractivity contribution in [2.45, 2.75) is 6.61 Å². The summed E-state index contributed by atoms with van der Waals surface area (Å²) in [6.07, 6.45) is 1.61. The van der Waals surface area contributed by atoms with Crippen molar-refractivity contribution in [3.05, 3.63) is 95.2 Å². The highest BCUT2D eigenvalue weighted by Crippen LogP contribution is 2.30. The van der Waals surface area contributed by atoms with Crippen LogP contribution in [0.5, 0.6) is 11.5 Å². The van der Waals surface area contributed by atoms with E-state index in [1.54, 1.807) is 55.8 Å². The molecular formula is C25H19N3O3. The number of fused-ring (bicyclic) bond motifs is 2. The fourth-order valence-electron chi connectivity index (χ4n) is 3.23. The Labute approximate surface area is 179 Å². The minimum atomic E-state index is -0.0953. The third-order valence-corrected chi connectivity index (χ3v) is 4.94. The van der Waals surface area contributed by atoms with Crippen molar-refractivity contribution in [2.24, 2.45) is 0 Å². The van der Waals surface area contributed by atoms with Gasteiger partial charge in [-0.2, -0.15) is 5.26 Å². The summed E-state index contributed by atoms with van der Waals surface area (Å²) in [6.45, 7) is 0.723. The molecule has 0 unspecified atom stereocenters. The summed E-state index contributed by atoms with van der Waals surface area (Å²) in [7, 11) is 1.59. The Morgan fingerprint density at radius 3 is 2.52 bits per heavy atom. The highest BCUT2D eigenvalue weighted by Gasteiger charge is 2.14. The van der Waals surface area contributed by atoms with Crippen LogP contribution in [0.25, 0.3) is 10.9 Å². The Balaban J connectivity index is 0.000000212. The zero-order chi connectivity index (χ0) is 21.8. The van der Waals surface area contributed by atoms with Crippen molar-refractivity contribution < 1.29 is 14.3 Å². The van der Waals surface area contributed by atoms with E-state index in [0.29, 0.717) is 28.0 Å². The van der Waals surface area contributed by atoms with E-state index >= 15 is 0 Å². The molecule has 1 aliphatic rings. The van der Waals surface area contributed by atoms with E-state index in [1.165, 1.54) is 5.56 Å². The van der Waals surface area contributed by atoms with Gasteiger partial charge in [0.1, 0.15) is 18.1 Å². The predicted molar refractivity (Wildman–Crippen MR) is 118 cm³/mol. The molecule has 0 amide bonds. The molecule has 0 radical (unpaired) electrons. The number of anilines is 1. The molecular weight excluding hydrogens is 390 g/mol. The van der Waals surface area contributed by atoms with Gasteiger partial charge >= 0.3 is 0 Å². The van der Waals surface area contributed by atoms with E-state index in [1.807, 2.05) is 30.3 Å². The van der Waals surface area contributed by atoms with Gasteiger partial charge in [0.05, 0.1) is 24.3 Å². The first-order chi connectivity index (χ1) is 15.1. The molecule has 1 aromatic heterocycles. The molecule has 0 saturated carbocycles. The van der Waals surface area contributed by atoms with Crippen LogP contribution in [0.15, 0.2) is 72.9 Å². The van der Waals surface area contributed by atoms with Gasteiger partial charge in [-0.05, 0) is 60.7 Å². The molecule has 3 aromatic carbocycles. The molecule has 5 rings (SSSR count). The zero-order valence-electron chi connectivity index (χ0n) is 16.8. The topological polar surface area (TPSA) is 98.2 Å². The first-order valence-corrected chi connectivity index (χ1v) is 9.58. The van der Waals surface area contributed by atoms with Gasteiger partial charge in [-0.3, -0.25) is 9.78 Å². The van der Waals surface area contributed by atoms with E-state index in [9.17, 15) is 4.79 Å². The maximum absolute atomic E-state index is 12.7. The maximum atomic E-state index is 12.7.